The van der Waals surface area contributed by atoms with Crippen LogP contribution < -0.4 is 4.74 Å². The van der Waals surface area contributed by atoms with Crippen molar-refractivity contribution in [2.24, 2.45) is 0 Å². The molecule has 1 aromatic carbocycles. The summed E-state index contributed by atoms with van der Waals surface area (Å²) in [5.41, 5.74) is 2.18. The maximum atomic E-state index is 10.5. The van der Waals surface area contributed by atoms with Crippen LogP contribution in [-0.4, -0.2) is 32.3 Å². The van der Waals surface area contributed by atoms with Gasteiger partial charge in [0.15, 0.2) is 0 Å². The highest BCUT2D eigenvalue weighted by atomic mass is 16.6. The largest absolute Gasteiger partial charge is 0.491 e. The molecule has 0 saturated carbocycles. The van der Waals surface area contributed by atoms with Crippen LogP contribution in [0, 0.1) is 24.0 Å². The average Bonchev–Trinajstić information content (AvgIpc) is 2.84. The Balaban J connectivity index is 1.89. The lowest BCUT2D eigenvalue weighted by Gasteiger charge is -2.13. The first kappa shape index (κ1) is 15.0. The van der Waals surface area contributed by atoms with Gasteiger partial charge in [0.05, 0.1) is 6.54 Å². The summed E-state index contributed by atoms with van der Waals surface area (Å²) in [6.07, 6.45) is 1.82. The third kappa shape index (κ3) is 4.28. The molecule has 2 aromatic rings. The van der Waals surface area contributed by atoms with Gasteiger partial charge in [0, 0.05) is 0 Å². The Morgan fingerprint density at radius 2 is 2.05 bits per heavy atom. The standard InChI is InChI=1S/C14H17N3O4/c1-10-3-11(2)5-13(4-10)21-8-12(18)6-16-7-14(15-9-16)17(19)20/h3-5,7,9,12,18H,6,8H2,1-2H3. The number of aryl methyl sites for hydroxylation is 2. The van der Waals surface area contributed by atoms with Crippen LogP contribution in [-0.2, 0) is 6.54 Å². The molecule has 0 amide bonds. The van der Waals surface area contributed by atoms with E-state index in [9.17, 15) is 15.2 Å². The van der Waals surface area contributed by atoms with Crippen LogP contribution in [0.25, 0.3) is 0 Å². The first-order chi connectivity index (χ1) is 9.94. The lowest BCUT2D eigenvalue weighted by atomic mass is 10.1. The Kier molecular flexibility index (Phi) is 4.54. The summed E-state index contributed by atoms with van der Waals surface area (Å²) in [6, 6.07) is 5.82. The summed E-state index contributed by atoms with van der Waals surface area (Å²) >= 11 is 0. The van der Waals surface area contributed by atoms with Crippen molar-refractivity contribution in [2.75, 3.05) is 6.61 Å². The molecule has 0 saturated heterocycles. The molecule has 0 fully saturated rings. The number of nitro groups is 1. The van der Waals surface area contributed by atoms with Gasteiger partial charge in [-0.15, -0.1) is 0 Å². The Morgan fingerprint density at radius 3 is 2.62 bits per heavy atom. The molecule has 0 aliphatic carbocycles. The SMILES string of the molecule is Cc1cc(C)cc(OCC(O)Cn2cnc([N+](=O)[O-])c2)c1. The van der Waals surface area contributed by atoms with Crippen molar-refractivity contribution in [3.05, 3.63) is 52.0 Å². The van der Waals surface area contributed by atoms with Crippen LogP contribution in [0.4, 0.5) is 5.82 Å². The highest BCUT2D eigenvalue weighted by molar-refractivity contribution is 5.33. The van der Waals surface area contributed by atoms with Crippen LogP contribution in [0.5, 0.6) is 5.75 Å². The fraction of sp³-hybridized carbons (Fsp3) is 0.357. The van der Waals surface area contributed by atoms with Crippen LogP contribution in [0.15, 0.2) is 30.7 Å². The number of benzene rings is 1. The molecule has 1 aromatic heterocycles. The zero-order valence-corrected chi connectivity index (χ0v) is 11.9. The van der Waals surface area contributed by atoms with E-state index in [-0.39, 0.29) is 19.0 Å². The molecule has 112 valence electrons. The molecule has 2 rings (SSSR count). The molecule has 1 unspecified atom stereocenters. The summed E-state index contributed by atoms with van der Waals surface area (Å²) in [5.74, 6) is 0.459. The number of ether oxygens (including phenoxy) is 1. The topological polar surface area (TPSA) is 90.4 Å². The van der Waals surface area contributed by atoms with Gasteiger partial charge in [-0.1, -0.05) is 6.07 Å². The van der Waals surface area contributed by atoms with Crippen LogP contribution in [0.1, 0.15) is 11.1 Å². The third-order valence-corrected chi connectivity index (χ3v) is 2.87. The fourth-order valence-corrected chi connectivity index (χ4v) is 2.05. The molecule has 0 spiro atoms. The second kappa shape index (κ2) is 6.36. The summed E-state index contributed by atoms with van der Waals surface area (Å²) < 4.78 is 7.00. The number of rotatable bonds is 6. The van der Waals surface area contributed by atoms with E-state index >= 15 is 0 Å². The van der Waals surface area contributed by atoms with E-state index in [0.29, 0.717) is 5.75 Å². The number of hydrogen-bond acceptors (Lipinski definition) is 5. The van der Waals surface area contributed by atoms with Crippen molar-refractivity contribution in [3.8, 4) is 5.75 Å². The summed E-state index contributed by atoms with van der Waals surface area (Å²) in [6.45, 7) is 4.24. The van der Waals surface area contributed by atoms with Gasteiger partial charge >= 0.3 is 5.82 Å². The minimum absolute atomic E-state index is 0.106. The van der Waals surface area contributed by atoms with E-state index < -0.39 is 11.0 Å². The molecular formula is C14H17N3O4. The maximum Gasteiger partial charge on any atom is 0.381 e. The predicted molar refractivity (Wildman–Crippen MR) is 76.3 cm³/mol. The van der Waals surface area contributed by atoms with E-state index in [2.05, 4.69) is 4.98 Å². The zero-order valence-electron chi connectivity index (χ0n) is 11.9. The van der Waals surface area contributed by atoms with Crippen LogP contribution >= 0.6 is 0 Å². The highest BCUT2D eigenvalue weighted by Crippen LogP contribution is 2.16. The molecule has 21 heavy (non-hydrogen) atoms. The number of nitrogens with zero attached hydrogens (tertiary/aromatic N) is 3. The van der Waals surface area contributed by atoms with E-state index in [0.717, 1.165) is 11.1 Å². The quantitative estimate of drug-likeness (QED) is 0.648. The van der Waals surface area contributed by atoms with E-state index in [4.69, 9.17) is 4.74 Å². The molecule has 7 heteroatoms. The van der Waals surface area contributed by atoms with Gasteiger partial charge in [0.2, 0.25) is 6.33 Å². The molecule has 1 N–H and O–H groups in total. The Morgan fingerprint density at radius 1 is 1.38 bits per heavy atom. The Labute approximate surface area is 122 Å². The number of hydrogen-bond donors (Lipinski definition) is 1. The van der Waals surface area contributed by atoms with Crippen molar-refractivity contribution >= 4 is 5.82 Å². The first-order valence-electron chi connectivity index (χ1n) is 6.49. The summed E-state index contributed by atoms with van der Waals surface area (Å²) in [7, 11) is 0. The smallest absolute Gasteiger partial charge is 0.381 e. The predicted octanol–water partition coefficient (Wildman–Crippen LogP) is 1.85. The molecular weight excluding hydrogens is 274 g/mol. The van der Waals surface area contributed by atoms with Crippen molar-refractivity contribution in [3.63, 3.8) is 0 Å². The second-order valence-corrected chi connectivity index (χ2v) is 4.97. The van der Waals surface area contributed by atoms with Gasteiger partial charge in [-0.2, -0.15) is 0 Å². The highest BCUT2D eigenvalue weighted by Gasteiger charge is 2.13. The Hall–Kier alpha value is -2.41. The van der Waals surface area contributed by atoms with Crippen LogP contribution in [0.2, 0.25) is 0 Å². The maximum absolute atomic E-state index is 10.5. The molecule has 0 bridgehead atoms. The molecule has 0 aliphatic heterocycles. The number of aromatic nitrogens is 2. The van der Waals surface area contributed by atoms with Crippen molar-refractivity contribution in [1.82, 2.24) is 9.55 Å². The minimum Gasteiger partial charge on any atom is -0.491 e. The molecule has 0 radical (unpaired) electrons. The van der Waals surface area contributed by atoms with Crippen molar-refractivity contribution in [1.29, 1.82) is 0 Å². The van der Waals surface area contributed by atoms with Crippen molar-refractivity contribution < 1.29 is 14.8 Å². The van der Waals surface area contributed by atoms with Gasteiger partial charge < -0.3 is 24.5 Å². The van der Waals surface area contributed by atoms with Gasteiger partial charge in [0.25, 0.3) is 0 Å². The first-order valence-corrected chi connectivity index (χ1v) is 6.49. The Bertz CT molecular complexity index is 619. The lowest BCUT2D eigenvalue weighted by Crippen LogP contribution is -2.23. The third-order valence-electron chi connectivity index (χ3n) is 2.87. The second-order valence-electron chi connectivity index (χ2n) is 4.97. The monoisotopic (exact) mass is 291 g/mol. The van der Waals surface area contributed by atoms with Gasteiger partial charge in [-0.25, -0.2) is 0 Å². The molecule has 7 nitrogen and oxygen atoms in total. The number of aliphatic hydroxyl groups excluding tert-OH is 1. The lowest BCUT2D eigenvalue weighted by molar-refractivity contribution is -0.389. The number of aliphatic hydroxyl groups is 1. The molecule has 1 heterocycles. The normalized spacial score (nSPS) is 12.1. The zero-order chi connectivity index (χ0) is 15.4. The summed E-state index contributed by atoms with van der Waals surface area (Å²) in [4.78, 5) is 13.6. The van der Waals surface area contributed by atoms with E-state index in [1.54, 1.807) is 0 Å². The van der Waals surface area contributed by atoms with Gasteiger partial charge in [-0.3, -0.25) is 0 Å². The van der Waals surface area contributed by atoms with Gasteiger partial charge in [0.1, 0.15) is 24.7 Å². The fourth-order valence-electron chi connectivity index (χ4n) is 2.05. The average molecular weight is 291 g/mol. The van der Waals surface area contributed by atoms with Crippen molar-refractivity contribution in [2.45, 2.75) is 26.5 Å². The molecule has 0 aliphatic rings. The van der Waals surface area contributed by atoms with Crippen LogP contribution in [0.3, 0.4) is 0 Å². The minimum atomic E-state index is -0.778. The van der Waals surface area contributed by atoms with E-state index in [1.165, 1.54) is 17.1 Å². The number of imidazole rings is 1. The van der Waals surface area contributed by atoms with Gasteiger partial charge in [-0.05, 0) is 47.0 Å². The van der Waals surface area contributed by atoms with E-state index in [1.807, 2.05) is 32.0 Å². The molecule has 1 atom stereocenters. The summed E-state index contributed by atoms with van der Waals surface area (Å²) in [5, 5.41) is 20.4.